The van der Waals surface area contributed by atoms with E-state index >= 15 is 0 Å². The minimum absolute atomic E-state index is 0.185. The molecule has 1 amide bonds. The molecule has 0 bridgehead atoms. The molecule has 0 spiro atoms. The highest BCUT2D eigenvalue weighted by Crippen LogP contribution is 2.24. The lowest BCUT2D eigenvalue weighted by Crippen LogP contribution is -2.30. The summed E-state index contributed by atoms with van der Waals surface area (Å²) in [6.07, 6.45) is 0. The predicted octanol–water partition coefficient (Wildman–Crippen LogP) is 3.71. The molecule has 0 aliphatic rings. The highest BCUT2D eigenvalue weighted by molar-refractivity contribution is 5.94. The Morgan fingerprint density at radius 1 is 0.931 bits per heavy atom. The van der Waals surface area contributed by atoms with E-state index in [-0.39, 0.29) is 18.0 Å². The van der Waals surface area contributed by atoms with Crippen molar-refractivity contribution in [3.05, 3.63) is 89.2 Å². The fourth-order valence-corrected chi connectivity index (χ4v) is 3.16. The number of nitrogens with zero attached hydrogens (tertiary/aromatic N) is 2. The van der Waals surface area contributed by atoms with Crippen molar-refractivity contribution in [2.45, 2.75) is 6.54 Å². The minimum atomic E-state index is -0.334. The van der Waals surface area contributed by atoms with Crippen LogP contribution in [0.2, 0.25) is 0 Å². The van der Waals surface area contributed by atoms with Gasteiger partial charge in [0.15, 0.2) is 0 Å². The summed E-state index contributed by atoms with van der Waals surface area (Å²) in [7, 11) is 1.58. The molecule has 0 unspecified atom stereocenters. The standard InChI is InChI=1S/C23H19N3O3/c1-29-18-13-11-17(12-14-18)24-21(27)15-26-23(28)20-10-6-5-9-19(20)22(25-26)16-7-3-2-4-8-16/h2-14H,15H2,1H3,(H,24,27). The smallest absolute Gasteiger partial charge is 0.275 e. The second-order valence-corrected chi connectivity index (χ2v) is 6.50. The number of rotatable bonds is 5. The van der Waals surface area contributed by atoms with Crippen LogP contribution >= 0.6 is 0 Å². The maximum atomic E-state index is 12.9. The van der Waals surface area contributed by atoms with Crippen LogP contribution in [0.3, 0.4) is 0 Å². The van der Waals surface area contributed by atoms with Gasteiger partial charge in [0, 0.05) is 16.6 Å². The second-order valence-electron chi connectivity index (χ2n) is 6.50. The number of aromatic nitrogens is 2. The van der Waals surface area contributed by atoms with Crippen molar-refractivity contribution < 1.29 is 9.53 Å². The first-order chi connectivity index (χ1) is 14.2. The van der Waals surface area contributed by atoms with Crippen LogP contribution in [0.4, 0.5) is 5.69 Å². The summed E-state index contributed by atoms with van der Waals surface area (Å²) in [5, 5.41) is 8.57. The van der Waals surface area contributed by atoms with Gasteiger partial charge in [-0.1, -0.05) is 48.5 Å². The molecule has 0 fully saturated rings. The first kappa shape index (κ1) is 18.4. The van der Waals surface area contributed by atoms with Crippen LogP contribution < -0.4 is 15.6 Å². The number of hydrogen-bond acceptors (Lipinski definition) is 4. The second kappa shape index (κ2) is 7.98. The Bertz CT molecular complexity index is 1220. The molecule has 0 saturated carbocycles. The number of anilines is 1. The largest absolute Gasteiger partial charge is 0.497 e. The number of carbonyl (C=O) groups is 1. The van der Waals surface area contributed by atoms with E-state index < -0.39 is 0 Å². The van der Waals surface area contributed by atoms with Crippen molar-refractivity contribution in [1.29, 1.82) is 0 Å². The van der Waals surface area contributed by atoms with Gasteiger partial charge < -0.3 is 10.1 Å². The fourth-order valence-electron chi connectivity index (χ4n) is 3.16. The van der Waals surface area contributed by atoms with E-state index in [9.17, 15) is 9.59 Å². The summed E-state index contributed by atoms with van der Waals surface area (Å²) in [6, 6.07) is 23.9. The number of carbonyl (C=O) groups excluding carboxylic acids is 1. The van der Waals surface area contributed by atoms with Gasteiger partial charge in [-0.2, -0.15) is 5.10 Å². The molecule has 6 nitrogen and oxygen atoms in total. The third kappa shape index (κ3) is 3.87. The predicted molar refractivity (Wildman–Crippen MR) is 113 cm³/mol. The first-order valence-electron chi connectivity index (χ1n) is 9.15. The maximum absolute atomic E-state index is 12.9. The van der Waals surface area contributed by atoms with E-state index in [1.54, 1.807) is 43.5 Å². The highest BCUT2D eigenvalue weighted by atomic mass is 16.5. The van der Waals surface area contributed by atoms with E-state index in [1.165, 1.54) is 4.68 Å². The third-order valence-corrected chi connectivity index (χ3v) is 4.58. The number of benzene rings is 3. The summed E-state index contributed by atoms with van der Waals surface area (Å²) in [5.41, 5.74) is 1.86. The zero-order valence-electron chi connectivity index (χ0n) is 15.8. The zero-order chi connectivity index (χ0) is 20.2. The summed E-state index contributed by atoms with van der Waals surface area (Å²) in [4.78, 5) is 25.4. The van der Waals surface area contributed by atoms with Crippen molar-refractivity contribution >= 4 is 22.4 Å². The average Bonchev–Trinajstić information content (AvgIpc) is 2.77. The molecule has 144 valence electrons. The maximum Gasteiger partial charge on any atom is 0.275 e. The zero-order valence-corrected chi connectivity index (χ0v) is 15.8. The van der Waals surface area contributed by atoms with Gasteiger partial charge in [0.25, 0.3) is 5.56 Å². The molecule has 0 radical (unpaired) electrons. The molecule has 4 aromatic rings. The lowest BCUT2D eigenvalue weighted by molar-refractivity contribution is -0.117. The van der Waals surface area contributed by atoms with Gasteiger partial charge in [-0.3, -0.25) is 9.59 Å². The number of methoxy groups -OCH3 is 1. The van der Waals surface area contributed by atoms with E-state index in [0.29, 0.717) is 22.5 Å². The van der Waals surface area contributed by atoms with Crippen molar-refractivity contribution in [1.82, 2.24) is 9.78 Å². The van der Waals surface area contributed by atoms with Gasteiger partial charge in [-0.25, -0.2) is 4.68 Å². The van der Waals surface area contributed by atoms with Crippen LogP contribution in [0.25, 0.3) is 22.0 Å². The van der Waals surface area contributed by atoms with Crippen molar-refractivity contribution in [2.24, 2.45) is 0 Å². The summed E-state index contributed by atoms with van der Waals surface area (Å²) in [5.74, 6) is 0.363. The van der Waals surface area contributed by atoms with Gasteiger partial charge in [0.1, 0.15) is 12.3 Å². The van der Waals surface area contributed by atoms with Gasteiger partial charge in [-0.15, -0.1) is 0 Å². The molecule has 6 heteroatoms. The van der Waals surface area contributed by atoms with E-state index in [4.69, 9.17) is 4.74 Å². The van der Waals surface area contributed by atoms with Crippen molar-refractivity contribution in [3.63, 3.8) is 0 Å². The first-order valence-corrected chi connectivity index (χ1v) is 9.15. The topological polar surface area (TPSA) is 73.2 Å². The number of hydrogen-bond donors (Lipinski definition) is 1. The molecule has 0 aliphatic carbocycles. The number of ether oxygens (including phenoxy) is 1. The SMILES string of the molecule is COc1ccc(NC(=O)Cn2nc(-c3ccccc3)c3ccccc3c2=O)cc1. The highest BCUT2D eigenvalue weighted by Gasteiger charge is 2.14. The average molecular weight is 385 g/mol. The Hall–Kier alpha value is -3.93. The molecule has 1 N–H and O–H groups in total. The molecule has 29 heavy (non-hydrogen) atoms. The molecule has 3 aromatic carbocycles. The van der Waals surface area contributed by atoms with Crippen LogP contribution in [0.5, 0.6) is 5.75 Å². The lowest BCUT2D eigenvalue weighted by Gasteiger charge is -2.12. The summed E-state index contributed by atoms with van der Waals surface area (Å²) < 4.78 is 6.33. The molecule has 4 rings (SSSR count). The van der Waals surface area contributed by atoms with Crippen LogP contribution in [-0.4, -0.2) is 22.8 Å². The summed E-state index contributed by atoms with van der Waals surface area (Å²) in [6.45, 7) is -0.185. The molecule has 1 heterocycles. The molecular weight excluding hydrogens is 366 g/mol. The van der Waals surface area contributed by atoms with Crippen LogP contribution in [0.15, 0.2) is 83.7 Å². The monoisotopic (exact) mass is 385 g/mol. The van der Waals surface area contributed by atoms with Gasteiger partial charge in [-0.05, 0) is 30.3 Å². The van der Waals surface area contributed by atoms with Gasteiger partial charge in [0.2, 0.25) is 5.91 Å². The van der Waals surface area contributed by atoms with Crippen LogP contribution in [0.1, 0.15) is 0 Å². The molecule has 0 atom stereocenters. The Labute approximate surface area is 167 Å². The molecular formula is C23H19N3O3. The van der Waals surface area contributed by atoms with Crippen molar-refractivity contribution in [3.8, 4) is 17.0 Å². The van der Waals surface area contributed by atoms with E-state index in [1.807, 2.05) is 42.5 Å². The van der Waals surface area contributed by atoms with Crippen molar-refractivity contribution in [2.75, 3.05) is 12.4 Å². The molecule has 0 aliphatic heterocycles. The Morgan fingerprint density at radius 2 is 1.59 bits per heavy atom. The lowest BCUT2D eigenvalue weighted by atomic mass is 10.1. The Balaban J connectivity index is 1.69. The van der Waals surface area contributed by atoms with Gasteiger partial charge in [0.05, 0.1) is 18.2 Å². The quantitative estimate of drug-likeness (QED) is 0.568. The van der Waals surface area contributed by atoms with Gasteiger partial charge >= 0.3 is 0 Å². The van der Waals surface area contributed by atoms with E-state index in [2.05, 4.69) is 10.4 Å². The van der Waals surface area contributed by atoms with Crippen LogP contribution in [0, 0.1) is 0 Å². The Kier molecular flexibility index (Phi) is 5.07. The Morgan fingerprint density at radius 3 is 2.28 bits per heavy atom. The molecule has 0 saturated heterocycles. The normalized spacial score (nSPS) is 10.7. The number of fused-ring (bicyclic) bond motifs is 1. The molecule has 1 aromatic heterocycles. The van der Waals surface area contributed by atoms with E-state index in [0.717, 1.165) is 10.9 Å². The number of nitrogens with one attached hydrogen (secondary N) is 1. The fraction of sp³-hybridized carbons (Fsp3) is 0.0870. The minimum Gasteiger partial charge on any atom is -0.497 e. The van der Waals surface area contributed by atoms with Crippen LogP contribution in [-0.2, 0) is 11.3 Å². The summed E-state index contributed by atoms with van der Waals surface area (Å²) >= 11 is 0. The third-order valence-electron chi connectivity index (χ3n) is 4.58. The number of amides is 1.